The summed E-state index contributed by atoms with van der Waals surface area (Å²) < 4.78 is 2.21. The minimum absolute atomic E-state index is 0.196. The van der Waals surface area contributed by atoms with Gasteiger partial charge in [0.05, 0.1) is 22.5 Å². The number of nitriles is 1. The van der Waals surface area contributed by atoms with E-state index in [0.29, 0.717) is 5.92 Å². The predicted molar refractivity (Wildman–Crippen MR) is 69.2 cm³/mol. The van der Waals surface area contributed by atoms with Crippen molar-refractivity contribution in [2.24, 2.45) is 7.05 Å². The molecule has 0 amide bonds. The molecule has 3 heteroatoms. The topological polar surface area (TPSA) is 41.6 Å². The average Bonchev–Trinajstić information content (AvgIpc) is 3.29. The van der Waals surface area contributed by atoms with Crippen molar-refractivity contribution in [3.05, 3.63) is 29.6 Å². The zero-order valence-corrected chi connectivity index (χ0v) is 10.5. The van der Waals surface area contributed by atoms with Gasteiger partial charge >= 0.3 is 0 Å². The number of aryl methyl sites for hydroxylation is 1. The van der Waals surface area contributed by atoms with Crippen LogP contribution in [0.15, 0.2) is 18.2 Å². The lowest BCUT2D eigenvalue weighted by Crippen LogP contribution is -2.02. The first-order valence-electron chi connectivity index (χ1n) is 6.62. The molecule has 0 radical (unpaired) electrons. The smallest absolute Gasteiger partial charge is 0.112 e. The third kappa shape index (κ3) is 1.26. The number of rotatable bonds is 2. The summed E-state index contributed by atoms with van der Waals surface area (Å²) in [6.45, 7) is 0. The van der Waals surface area contributed by atoms with Gasteiger partial charge in [0.1, 0.15) is 5.82 Å². The Kier molecular flexibility index (Phi) is 1.77. The molecule has 2 aliphatic rings. The monoisotopic (exact) mass is 237 g/mol. The van der Waals surface area contributed by atoms with Gasteiger partial charge in [0, 0.05) is 13.0 Å². The van der Waals surface area contributed by atoms with Crippen molar-refractivity contribution >= 4 is 11.0 Å². The van der Waals surface area contributed by atoms with Gasteiger partial charge in [0.25, 0.3) is 0 Å². The zero-order valence-electron chi connectivity index (χ0n) is 10.5. The molecular weight excluding hydrogens is 222 g/mol. The molecule has 1 aromatic heterocycles. The van der Waals surface area contributed by atoms with E-state index in [2.05, 4.69) is 35.9 Å². The van der Waals surface area contributed by atoms with Gasteiger partial charge in [-0.05, 0) is 43.4 Å². The molecule has 0 atom stereocenters. The van der Waals surface area contributed by atoms with Crippen LogP contribution in [0, 0.1) is 11.3 Å². The number of hydrogen-bond donors (Lipinski definition) is 0. The number of benzene rings is 1. The van der Waals surface area contributed by atoms with E-state index in [1.165, 1.54) is 29.7 Å². The Labute approximate surface area is 106 Å². The third-order valence-corrected chi connectivity index (χ3v) is 4.37. The lowest BCUT2D eigenvalue weighted by molar-refractivity contribution is 0.818. The number of fused-ring (bicyclic) bond motifs is 1. The number of imidazole rings is 1. The first-order valence-corrected chi connectivity index (χ1v) is 6.62. The summed E-state index contributed by atoms with van der Waals surface area (Å²) in [4.78, 5) is 4.72. The molecule has 2 aliphatic carbocycles. The van der Waals surface area contributed by atoms with Crippen LogP contribution >= 0.6 is 0 Å². The average molecular weight is 237 g/mol. The van der Waals surface area contributed by atoms with Gasteiger partial charge in [-0.25, -0.2) is 4.98 Å². The van der Waals surface area contributed by atoms with E-state index in [-0.39, 0.29) is 5.41 Å². The van der Waals surface area contributed by atoms with Gasteiger partial charge < -0.3 is 4.57 Å². The highest BCUT2D eigenvalue weighted by atomic mass is 15.1. The molecule has 0 bridgehead atoms. The Morgan fingerprint density at radius 3 is 2.78 bits per heavy atom. The minimum Gasteiger partial charge on any atom is -0.331 e. The molecule has 3 nitrogen and oxygen atoms in total. The Morgan fingerprint density at radius 2 is 2.17 bits per heavy atom. The molecule has 0 unspecified atom stereocenters. The van der Waals surface area contributed by atoms with Crippen LogP contribution in [0.4, 0.5) is 0 Å². The van der Waals surface area contributed by atoms with Crippen LogP contribution in [-0.2, 0) is 12.5 Å². The van der Waals surface area contributed by atoms with Crippen molar-refractivity contribution < 1.29 is 0 Å². The molecule has 2 fully saturated rings. The SMILES string of the molecule is Cn1c(C2CC2)nc2ccc(C3(C#N)CC3)cc21. The maximum absolute atomic E-state index is 9.28. The second-order valence-electron chi connectivity index (χ2n) is 5.70. The maximum Gasteiger partial charge on any atom is 0.112 e. The summed E-state index contributed by atoms with van der Waals surface area (Å²) in [5.41, 5.74) is 3.22. The van der Waals surface area contributed by atoms with E-state index >= 15 is 0 Å². The molecule has 1 heterocycles. The molecule has 90 valence electrons. The van der Waals surface area contributed by atoms with Crippen LogP contribution in [0.5, 0.6) is 0 Å². The van der Waals surface area contributed by atoms with Crippen LogP contribution in [0.25, 0.3) is 11.0 Å². The van der Waals surface area contributed by atoms with Crippen molar-refractivity contribution in [1.29, 1.82) is 5.26 Å². The summed E-state index contributed by atoms with van der Waals surface area (Å²) in [6.07, 6.45) is 4.54. The lowest BCUT2D eigenvalue weighted by atomic mass is 9.97. The van der Waals surface area contributed by atoms with Gasteiger partial charge in [-0.3, -0.25) is 0 Å². The maximum atomic E-state index is 9.28. The predicted octanol–water partition coefficient (Wildman–Crippen LogP) is 3.01. The van der Waals surface area contributed by atoms with E-state index < -0.39 is 0 Å². The van der Waals surface area contributed by atoms with E-state index in [0.717, 1.165) is 18.4 Å². The third-order valence-electron chi connectivity index (χ3n) is 4.37. The standard InChI is InChI=1S/C15H15N3/c1-18-13-8-11(15(9-16)6-7-15)4-5-12(13)17-14(18)10-2-3-10/h4-5,8,10H,2-3,6-7H2,1H3. The quantitative estimate of drug-likeness (QED) is 0.805. The van der Waals surface area contributed by atoms with Gasteiger partial charge in [-0.15, -0.1) is 0 Å². The highest BCUT2D eigenvalue weighted by Crippen LogP contribution is 2.48. The van der Waals surface area contributed by atoms with Crippen LogP contribution in [0.3, 0.4) is 0 Å². The Bertz CT molecular complexity index is 682. The van der Waals surface area contributed by atoms with Gasteiger partial charge in [-0.1, -0.05) is 6.07 Å². The largest absolute Gasteiger partial charge is 0.331 e. The summed E-state index contributed by atoms with van der Waals surface area (Å²) in [5, 5.41) is 9.28. The van der Waals surface area contributed by atoms with Crippen LogP contribution in [0.2, 0.25) is 0 Å². The van der Waals surface area contributed by atoms with Gasteiger partial charge in [-0.2, -0.15) is 5.26 Å². The molecule has 0 aliphatic heterocycles. The Balaban J connectivity index is 1.90. The van der Waals surface area contributed by atoms with Crippen molar-refractivity contribution in [2.75, 3.05) is 0 Å². The molecule has 2 aromatic rings. The van der Waals surface area contributed by atoms with E-state index in [9.17, 15) is 5.26 Å². The summed E-state index contributed by atoms with van der Waals surface area (Å²) in [6, 6.07) is 8.80. The van der Waals surface area contributed by atoms with Gasteiger partial charge in [0.2, 0.25) is 0 Å². The number of aromatic nitrogens is 2. The van der Waals surface area contributed by atoms with Crippen molar-refractivity contribution in [2.45, 2.75) is 37.0 Å². The van der Waals surface area contributed by atoms with E-state index in [4.69, 9.17) is 4.98 Å². The molecule has 0 N–H and O–H groups in total. The van der Waals surface area contributed by atoms with Crippen molar-refractivity contribution in [3.8, 4) is 6.07 Å². The van der Waals surface area contributed by atoms with Gasteiger partial charge in [0.15, 0.2) is 0 Å². The van der Waals surface area contributed by atoms with Crippen molar-refractivity contribution in [3.63, 3.8) is 0 Å². The summed E-state index contributed by atoms with van der Waals surface area (Å²) >= 11 is 0. The minimum atomic E-state index is -0.196. The second kappa shape index (κ2) is 3.14. The van der Waals surface area contributed by atoms with E-state index in [1.807, 2.05) is 0 Å². The fraction of sp³-hybridized carbons (Fsp3) is 0.467. The Morgan fingerprint density at radius 1 is 1.39 bits per heavy atom. The molecule has 0 spiro atoms. The summed E-state index contributed by atoms with van der Waals surface area (Å²) in [7, 11) is 2.10. The summed E-state index contributed by atoms with van der Waals surface area (Å²) in [5.74, 6) is 1.88. The highest BCUT2D eigenvalue weighted by Gasteiger charge is 2.45. The molecular formula is C15H15N3. The lowest BCUT2D eigenvalue weighted by Gasteiger charge is -2.06. The molecule has 18 heavy (non-hydrogen) atoms. The van der Waals surface area contributed by atoms with E-state index in [1.54, 1.807) is 0 Å². The molecule has 0 saturated heterocycles. The van der Waals surface area contributed by atoms with Crippen LogP contribution in [0.1, 0.15) is 43.0 Å². The van der Waals surface area contributed by atoms with Crippen molar-refractivity contribution in [1.82, 2.24) is 9.55 Å². The molecule has 2 saturated carbocycles. The van der Waals surface area contributed by atoms with Crippen LogP contribution in [-0.4, -0.2) is 9.55 Å². The zero-order chi connectivity index (χ0) is 12.3. The highest BCUT2D eigenvalue weighted by molar-refractivity contribution is 5.78. The Hall–Kier alpha value is -1.82. The number of nitrogens with zero attached hydrogens (tertiary/aromatic N) is 3. The van der Waals surface area contributed by atoms with Crippen LogP contribution < -0.4 is 0 Å². The molecule has 1 aromatic carbocycles. The first kappa shape index (κ1) is 10.1. The fourth-order valence-corrected chi connectivity index (χ4v) is 2.80. The molecule has 4 rings (SSSR count). The second-order valence-corrected chi connectivity index (χ2v) is 5.70. The number of hydrogen-bond acceptors (Lipinski definition) is 2. The normalized spacial score (nSPS) is 20.9. The fourth-order valence-electron chi connectivity index (χ4n) is 2.80. The first-order chi connectivity index (χ1) is 8.73.